The van der Waals surface area contributed by atoms with Crippen molar-refractivity contribution in [3.8, 4) is 0 Å². The Morgan fingerprint density at radius 1 is 0.782 bits per heavy atom. The number of benzene rings is 4. The lowest BCUT2D eigenvalue weighted by Crippen LogP contribution is -2.69. The zero-order valence-corrected chi connectivity index (χ0v) is 34.2. The monoisotopic (exact) mass is 776 g/mol. The van der Waals surface area contributed by atoms with Gasteiger partial charge >= 0.3 is 5.97 Å². The van der Waals surface area contributed by atoms with Gasteiger partial charge in [-0.25, -0.2) is 4.79 Å². The highest BCUT2D eigenvalue weighted by Crippen LogP contribution is 2.50. The molecule has 3 atom stereocenters. The molecule has 2 aliphatic heterocycles. The first kappa shape index (κ1) is 39.8. The Labute approximate surface area is 324 Å². The number of hydrogen-bond acceptors (Lipinski definition) is 6. The molecule has 0 saturated carbocycles. The number of likely N-dealkylation sites (tertiary alicyclic amines) is 2. The molecule has 6 rings (SSSR count). The molecule has 4 aromatic rings. The molecule has 0 aromatic heterocycles. The number of carboxylic acid groups (broad SMARTS) is 1. The summed E-state index contributed by atoms with van der Waals surface area (Å²) < 4.78 is 6.79. The van der Waals surface area contributed by atoms with Crippen molar-refractivity contribution < 1.29 is 33.5 Å². The van der Waals surface area contributed by atoms with Gasteiger partial charge in [-0.15, -0.1) is 0 Å². The zero-order chi connectivity index (χ0) is 39.7. The SMILES string of the molecule is C[C@@H](O[Si](C)(C)C(C)(C)C)[C@H]1C(=O)N(C(C(=O)O)=P(c2ccccc2)(c2ccccc2)c2ccccc2)[C@@H]1CC(=O)c1ccc(CN2C(=O)CCC2=O)cc1. The van der Waals surface area contributed by atoms with E-state index in [1.54, 1.807) is 24.3 Å². The second-order valence-corrected chi connectivity index (χ2v) is 24.0. The minimum atomic E-state index is -3.27. The van der Waals surface area contributed by atoms with Crippen molar-refractivity contribution in [2.75, 3.05) is 0 Å². The molecule has 286 valence electrons. The number of hydrogen-bond donors (Lipinski definition) is 1. The molecule has 9 nitrogen and oxygen atoms in total. The van der Waals surface area contributed by atoms with Gasteiger partial charge in [0.25, 0.3) is 0 Å². The number of imide groups is 1. The quantitative estimate of drug-likeness (QED) is 0.0552. The molecular formula is C44H49N2O7PSi. The van der Waals surface area contributed by atoms with Crippen molar-refractivity contribution in [3.05, 3.63) is 126 Å². The first-order valence-corrected chi connectivity index (χ1v) is 23.4. The Morgan fingerprint density at radius 2 is 1.24 bits per heavy atom. The van der Waals surface area contributed by atoms with E-state index in [4.69, 9.17) is 4.43 Å². The van der Waals surface area contributed by atoms with Crippen molar-refractivity contribution in [1.29, 1.82) is 0 Å². The van der Waals surface area contributed by atoms with E-state index in [9.17, 15) is 29.1 Å². The number of ketones is 1. The maximum absolute atomic E-state index is 14.8. The molecule has 0 aliphatic carbocycles. The lowest BCUT2D eigenvalue weighted by Gasteiger charge is -2.52. The normalized spacial score (nSPS) is 18.3. The number of carbonyl (C=O) groups excluding carboxylic acids is 4. The minimum absolute atomic E-state index is 0.0510. The van der Waals surface area contributed by atoms with Crippen LogP contribution in [0.15, 0.2) is 115 Å². The van der Waals surface area contributed by atoms with Crippen LogP contribution in [0.1, 0.15) is 62.9 Å². The van der Waals surface area contributed by atoms with E-state index in [0.29, 0.717) is 11.1 Å². The lowest BCUT2D eigenvalue weighted by atomic mass is 9.79. The van der Waals surface area contributed by atoms with Crippen molar-refractivity contribution in [3.63, 3.8) is 0 Å². The van der Waals surface area contributed by atoms with Gasteiger partial charge < -0.3 is 14.4 Å². The van der Waals surface area contributed by atoms with Gasteiger partial charge in [0.2, 0.25) is 17.7 Å². The summed E-state index contributed by atoms with van der Waals surface area (Å²) in [4.78, 5) is 70.3. The van der Waals surface area contributed by atoms with Gasteiger partial charge in [-0.1, -0.05) is 136 Å². The molecule has 2 fully saturated rings. The van der Waals surface area contributed by atoms with Crippen LogP contribution in [0.25, 0.3) is 0 Å². The second kappa shape index (κ2) is 15.7. The van der Waals surface area contributed by atoms with Gasteiger partial charge in [0, 0.05) is 31.7 Å². The third-order valence-electron chi connectivity index (χ3n) is 11.4. The summed E-state index contributed by atoms with van der Waals surface area (Å²) in [6.07, 6.45) is -0.335. The fourth-order valence-corrected chi connectivity index (χ4v) is 13.3. The van der Waals surface area contributed by atoms with Gasteiger partial charge in [-0.3, -0.25) is 24.1 Å². The van der Waals surface area contributed by atoms with Crippen LogP contribution in [0.5, 0.6) is 0 Å². The second-order valence-electron chi connectivity index (χ2n) is 15.9. The number of β-lactam (4-membered cyclic amide) rings is 1. The molecular weight excluding hydrogens is 728 g/mol. The summed E-state index contributed by atoms with van der Waals surface area (Å²) in [5.41, 5.74) is 1.04. The average molecular weight is 777 g/mol. The summed E-state index contributed by atoms with van der Waals surface area (Å²) in [6.45, 7) is 9.31. The average Bonchev–Trinajstić information content (AvgIpc) is 3.47. The van der Waals surface area contributed by atoms with Gasteiger partial charge in [0.05, 0.1) is 24.6 Å². The molecule has 11 heteroatoms. The first-order valence-electron chi connectivity index (χ1n) is 18.7. The lowest BCUT2D eigenvalue weighted by molar-refractivity contribution is -0.155. The standard InChI is InChI=1S/C44H49N2O7PSi/c1-30(53-55(5,6)44(2,3)4)40-36(28-37(47)32-24-22-31(23-25-32)29-45-38(48)26-27-39(45)49)46(41(40)50)42(43(51)52)54(33-16-10-7-11-17-33,34-18-12-8-13-19-34)35-20-14-9-15-21-35/h7-25,30,36,40H,26-29H2,1-6H3,(H,51,52)/t30-,36-,40-/m1/s1. The summed E-state index contributed by atoms with van der Waals surface area (Å²) in [7, 11) is -2.40. The van der Waals surface area contributed by atoms with Crippen LogP contribution in [0.2, 0.25) is 18.1 Å². The summed E-state index contributed by atoms with van der Waals surface area (Å²) in [6, 6.07) is 34.4. The van der Waals surface area contributed by atoms with E-state index in [0.717, 1.165) is 15.9 Å². The molecule has 2 saturated heterocycles. The molecule has 2 aliphatic rings. The van der Waals surface area contributed by atoms with E-state index in [1.165, 1.54) is 9.80 Å². The highest BCUT2D eigenvalue weighted by atomic mass is 31.2. The van der Waals surface area contributed by atoms with Crippen molar-refractivity contribution >= 4 is 66.0 Å². The van der Waals surface area contributed by atoms with Crippen molar-refractivity contribution in [2.45, 2.75) is 83.8 Å². The van der Waals surface area contributed by atoms with Crippen molar-refractivity contribution in [1.82, 2.24) is 9.80 Å². The number of rotatable bonds is 13. The first-order chi connectivity index (χ1) is 26.1. The molecule has 1 N–H and O–H groups in total. The predicted octanol–water partition coefficient (Wildman–Crippen LogP) is 6.35. The van der Waals surface area contributed by atoms with Gasteiger partial charge in [0.1, 0.15) is 5.42 Å². The number of amides is 3. The zero-order valence-electron chi connectivity index (χ0n) is 32.3. The van der Waals surface area contributed by atoms with Crippen LogP contribution in [0.4, 0.5) is 0 Å². The van der Waals surface area contributed by atoms with Crippen LogP contribution in [-0.2, 0) is 30.1 Å². The third kappa shape index (κ3) is 7.55. The topological polar surface area (TPSA) is 121 Å². The number of Topliss-reactive ketones (excluding diaryl/α,β-unsaturated/α-hetero) is 1. The summed E-state index contributed by atoms with van der Waals surface area (Å²) in [5.74, 6) is -3.09. The van der Waals surface area contributed by atoms with Crippen LogP contribution >= 0.6 is 6.89 Å². The van der Waals surface area contributed by atoms with E-state index < -0.39 is 39.2 Å². The summed E-state index contributed by atoms with van der Waals surface area (Å²) in [5, 5.41) is 13.6. The number of carbonyl (C=O) groups is 5. The summed E-state index contributed by atoms with van der Waals surface area (Å²) >= 11 is 0. The van der Waals surface area contributed by atoms with E-state index >= 15 is 0 Å². The Kier molecular flexibility index (Phi) is 11.4. The van der Waals surface area contributed by atoms with Gasteiger partial charge in [-0.05, 0) is 46.5 Å². The number of nitrogens with zero attached hydrogens (tertiary/aromatic N) is 2. The smallest absolute Gasteiger partial charge is 0.353 e. The number of aliphatic carboxylic acids is 1. The molecule has 2 heterocycles. The largest absolute Gasteiger partial charge is 0.477 e. The van der Waals surface area contributed by atoms with Crippen molar-refractivity contribution in [2.24, 2.45) is 5.92 Å². The van der Waals surface area contributed by atoms with Crippen LogP contribution in [0, 0.1) is 5.92 Å². The molecule has 55 heavy (non-hydrogen) atoms. The fourth-order valence-electron chi connectivity index (χ4n) is 7.54. The number of carboxylic acids is 1. The third-order valence-corrected chi connectivity index (χ3v) is 20.2. The van der Waals surface area contributed by atoms with E-state index in [-0.39, 0.29) is 59.8 Å². The maximum atomic E-state index is 14.8. The Balaban J connectivity index is 1.50. The van der Waals surface area contributed by atoms with E-state index in [2.05, 4.69) is 33.9 Å². The molecule has 0 bridgehead atoms. The maximum Gasteiger partial charge on any atom is 0.353 e. The Hall–Kier alpha value is -4.89. The van der Waals surface area contributed by atoms with Crippen LogP contribution in [-0.4, -0.2) is 70.3 Å². The van der Waals surface area contributed by atoms with Crippen LogP contribution in [0.3, 0.4) is 0 Å². The fraction of sp³-hybridized carbons (Fsp3) is 0.318. The Bertz CT molecular complexity index is 2030. The highest BCUT2D eigenvalue weighted by Gasteiger charge is 2.57. The molecule has 0 unspecified atom stereocenters. The molecule has 3 amide bonds. The minimum Gasteiger partial charge on any atom is -0.477 e. The van der Waals surface area contributed by atoms with Crippen LogP contribution < -0.4 is 15.9 Å². The Morgan fingerprint density at radius 3 is 1.65 bits per heavy atom. The van der Waals surface area contributed by atoms with E-state index in [1.807, 2.05) is 97.9 Å². The molecule has 0 spiro atoms. The molecule has 0 radical (unpaired) electrons. The van der Waals surface area contributed by atoms with Gasteiger partial charge in [-0.2, -0.15) is 0 Å². The van der Waals surface area contributed by atoms with Gasteiger partial charge in [0.15, 0.2) is 14.1 Å². The predicted molar refractivity (Wildman–Crippen MR) is 220 cm³/mol. The molecule has 4 aromatic carbocycles. The highest BCUT2D eigenvalue weighted by molar-refractivity contribution is 7.96.